The van der Waals surface area contributed by atoms with Gasteiger partial charge in [0.05, 0.1) is 23.2 Å². The van der Waals surface area contributed by atoms with Crippen molar-refractivity contribution in [2.75, 3.05) is 6.26 Å². The molecule has 0 N–H and O–H groups in total. The maximum atomic E-state index is 13.7. The first-order valence-electron chi connectivity index (χ1n) is 10.6. The predicted octanol–water partition coefficient (Wildman–Crippen LogP) is 4.04. The third kappa shape index (κ3) is 4.19. The van der Waals surface area contributed by atoms with Crippen molar-refractivity contribution in [1.29, 1.82) is 0 Å². The molecule has 0 spiro atoms. The first-order chi connectivity index (χ1) is 15.9. The number of hydrogen-bond donors (Lipinski definition) is 0. The lowest BCUT2D eigenvalue weighted by molar-refractivity contribution is 0.236. The van der Waals surface area contributed by atoms with Crippen molar-refractivity contribution < 1.29 is 13.2 Å². The highest BCUT2D eigenvalue weighted by atomic mass is 32.2. The molecule has 1 unspecified atom stereocenters. The maximum absolute atomic E-state index is 13.7. The van der Waals surface area contributed by atoms with E-state index in [-0.39, 0.29) is 10.5 Å². The van der Waals surface area contributed by atoms with E-state index in [1.807, 2.05) is 54.6 Å². The van der Waals surface area contributed by atoms with E-state index in [0.717, 1.165) is 16.9 Å². The first kappa shape index (κ1) is 21.2. The number of ether oxygens (including phenoxy) is 1. The fraction of sp³-hybridized carbons (Fsp3) is 0.154. The van der Waals surface area contributed by atoms with Gasteiger partial charge in [-0.25, -0.2) is 13.1 Å². The van der Waals surface area contributed by atoms with Gasteiger partial charge in [-0.05, 0) is 34.9 Å². The number of benzene rings is 3. The molecule has 0 saturated carbocycles. The van der Waals surface area contributed by atoms with E-state index < -0.39 is 15.9 Å². The number of para-hydroxylation sites is 1. The fourth-order valence-electron chi connectivity index (χ4n) is 4.14. The van der Waals surface area contributed by atoms with E-state index in [1.165, 1.54) is 10.9 Å². The molecule has 5 rings (SSSR count). The van der Waals surface area contributed by atoms with Crippen LogP contribution in [0.15, 0.2) is 94.7 Å². The summed E-state index contributed by atoms with van der Waals surface area (Å²) in [6.07, 6.45) is 2.96. The second kappa shape index (κ2) is 8.33. The Kier molecular flexibility index (Phi) is 5.34. The molecular weight excluding hydrogens is 436 g/mol. The van der Waals surface area contributed by atoms with Crippen LogP contribution in [0.1, 0.15) is 22.8 Å². The SMILES string of the molecule is CS(=O)(=O)c1ccc(-c2cnn(Cc3ccccc3)c(=O)c2C2Cc3ccccc3O2)cc1. The summed E-state index contributed by atoms with van der Waals surface area (Å²) < 4.78 is 31.4. The third-order valence-corrected chi connectivity index (χ3v) is 6.95. The summed E-state index contributed by atoms with van der Waals surface area (Å²) in [6, 6.07) is 24.0. The van der Waals surface area contributed by atoms with Crippen LogP contribution in [0.4, 0.5) is 0 Å². The van der Waals surface area contributed by atoms with Gasteiger partial charge in [0, 0.05) is 18.2 Å². The quantitative estimate of drug-likeness (QED) is 0.451. The van der Waals surface area contributed by atoms with E-state index in [9.17, 15) is 13.2 Å². The van der Waals surface area contributed by atoms with Crippen LogP contribution in [0.25, 0.3) is 11.1 Å². The summed E-state index contributed by atoms with van der Waals surface area (Å²) in [5.41, 5.74) is 3.67. The second-order valence-corrected chi connectivity index (χ2v) is 10.2. The molecule has 0 saturated heterocycles. The van der Waals surface area contributed by atoms with Gasteiger partial charge in [0.25, 0.3) is 5.56 Å². The smallest absolute Gasteiger partial charge is 0.274 e. The van der Waals surface area contributed by atoms with Gasteiger partial charge in [-0.1, -0.05) is 60.7 Å². The summed E-state index contributed by atoms with van der Waals surface area (Å²) in [6.45, 7) is 0.347. The number of nitrogens with zero attached hydrogens (tertiary/aromatic N) is 2. The van der Waals surface area contributed by atoms with Crippen LogP contribution >= 0.6 is 0 Å². The zero-order valence-electron chi connectivity index (χ0n) is 18.0. The summed E-state index contributed by atoms with van der Waals surface area (Å²) in [4.78, 5) is 13.9. The lowest BCUT2D eigenvalue weighted by atomic mass is 9.96. The summed E-state index contributed by atoms with van der Waals surface area (Å²) in [7, 11) is -3.32. The molecule has 1 aromatic heterocycles. The molecule has 0 radical (unpaired) electrons. The van der Waals surface area contributed by atoms with Gasteiger partial charge in [-0.3, -0.25) is 4.79 Å². The minimum atomic E-state index is -3.32. The second-order valence-electron chi connectivity index (χ2n) is 8.14. The molecule has 0 fully saturated rings. The highest BCUT2D eigenvalue weighted by Crippen LogP contribution is 2.38. The zero-order chi connectivity index (χ0) is 23.0. The first-order valence-corrected chi connectivity index (χ1v) is 12.5. The highest BCUT2D eigenvalue weighted by Gasteiger charge is 2.30. The van der Waals surface area contributed by atoms with Gasteiger partial charge >= 0.3 is 0 Å². The average molecular weight is 459 g/mol. The Morgan fingerprint density at radius 1 is 0.970 bits per heavy atom. The van der Waals surface area contributed by atoms with E-state index in [2.05, 4.69) is 5.10 Å². The molecule has 2 heterocycles. The lowest BCUT2D eigenvalue weighted by Crippen LogP contribution is -2.30. The largest absolute Gasteiger partial charge is 0.485 e. The Morgan fingerprint density at radius 3 is 2.36 bits per heavy atom. The molecule has 0 bridgehead atoms. The maximum Gasteiger partial charge on any atom is 0.274 e. The van der Waals surface area contributed by atoms with Gasteiger partial charge in [0.15, 0.2) is 9.84 Å². The molecule has 1 aliphatic heterocycles. The molecule has 0 amide bonds. The predicted molar refractivity (Wildman–Crippen MR) is 126 cm³/mol. The van der Waals surface area contributed by atoms with E-state index in [0.29, 0.717) is 29.7 Å². The van der Waals surface area contributed by atoms with E-state index in [1.54, 1.807) is 30.5 Å². The molecule has 1 atom stereocenters. The molecule has 7 heteroatoms. The van der Waals surface area contributed by atoms with Crippen molar-refractivity contribution in [3.63, 3.8) is 0 Å². The lowest BCUT2D eigenvalue weighted by Gasteiger charge is -2.17. The van der Waals surface area contributed by atoms with Gasteiger partial charge < -0.3 is 4.74 Å². The molecule has 33 heavy (non-hydrogen) atoms. The number of hydrogen-bond acceptors (Lipinski definition) is 5. The Morgan fingerprint density at radius 2 is 1.67 bits per heavy atom. The fourth-order valence-corrected chi connectivity index (χ4v) is 4.77. The Balaban J connectivity index is 1.61. The molecule has 6 nitrogen and oxygen atoms in total. The number of fused-ring (bicyclic) bond motifs is 1. The van der Waals surface area contributed by atoms with Crippen LogP contribution in [0.5, 0.6) is 5.75 Å². The number of sulfone groups is 1. The Labute approximate surface area is 192 Å². The van der Waals surface area contributed by atoms with Crippen LogP contribution in [0.3, 0.4) is 0 Å². The van der Waals surface area contributed by atoms with Gasteiger partial charge in [-0.15, -0.1) is 0 Å². The van der Waals surface area contributed by atoms with Crippen LogP contribution in [-0.4, -0.2) is 24.5 Å². The molecular formula is C26H22N2O4S. The minimum absolute atomic E-state index is 0.221. The van der Waals surface area contributed by atoms with Gasteiger partial charge in [-0.2, -0.15) is 5.10 Å². The monoisotopic (exact) mass is 458 g/mol. The molecule has 1 aliphatic rings. The van der Waals surface area contributed by atoms with Crippen LogP contribution in [0, 0.1) is 0 Å². The van der Waals surface area contributed by atoms with Crippen molar-refractivity contribution in [3.8, 4) is 16.9 Å². The van der Waals surface area contributed by atoms with Crippen molar-refractivity contribution in [2.24, 2.45) is 0 Å². The van der Waals surface area contributed by atoms with Crippen molar-refractivity contribution in [1.82, 2.24) is 9.78 Å². The molecule has 166 valence electrons. The van der Waals surface area contributed by atoms with Crippen LogP contribution in [-0.2, 0) is 22.8 Å². The molecule has 3 aromatic carbocycles. The topological polar surface area (TPSA) is 78.3 Å². The van der Waals surface area contributed by atoms with E-state index in [4.69, 9.17) is 4.74 Å². The number of rotatable bonds is 5. The van der Waals surface area contributed by atoms with Crippen molar-refractivity contribution >= 4 is 9.84 Å². The Hall–Kier alpha value is -3.71. The van der Waals surface area contributed by atoms with Gasteiger partial charge in [0.2, 0.25) is 0 Å². The van der Waals surface area contributed by atoms with Crippen molar-refractivity contribution in [3.05, 3.63) is 112 Å². The molecule has 0 aliphatic carbocycles. The minimum Gasteiger partial charge on any atom is -0.485 e. The summed E-state index contributed by atoms with van der Waals surface area (Å²) in [5.74, 6) is 0.770. The van der Waals surface area contributed by atoms with Crippen molar-refractivity contribution in [2.45, 2.75) is 24.0 Å². The third-order valence-electron chi connectivity index (χ3n) is 5.82. The van der Waals surface area contributed by atoms with Gasteiger partial charge in [0.1, 0.15) is 11.9 Å². The highest BCUT2D eigenvalue weighted by molar-refractivity contribution is 7.90. The standard InChI is InChI=1S/C26H22N2O4S/c1-33(30,31)21-13-11-19(12-14-21)22-16-27-28(17-18-7-3-2-4-8-18)26(29)25(22)24-15-20-9-5-6-10-23(20)32-24/h2-14,16,24H,15,17H2,1H3. The molecule has 4 aromatic rings. The normalized spacial score (nSPS) is 15.1. The van der Waals surface area contributed by atoms with Crippen LogP contribution in [0.2, 0.25) is 0 Å². The summed E-state index contributed by atoms with van der Waals surface area (Å²) in [5, 5.41) is 4.43. The summed E-state index contributed by atoms with van der Waals surface area (Å²) >= 11 is 0. The Bertz CT molecular complexity index is 1450. The zero-order valence-corrected chi connectivity index (χ0v) is 18.8. The average Bonchev–Trinajstić information content (AvgIpc) is 3.24. The van der Waals surface area contributed by atoms with Crippen LogP contribution < -0.4 is 10.3 Å². The van der Waals surface area contributed by atoms with E-state index >= 15 is 0 Å². The number of aromatic nitrogens is 2.